The van der Waals surface area contributed by atoms with Crippen molar-refractivity contribution in [2.75, 3.05) is 31.0 Å². The molecule has 8 heteroatoms. The molecule has 1 N–H and O–H groups in total. The number of aryl methyl sites for hydroxylation is 1. The Bertz CT molecular complexity index is 1220. The van der Waals surface area contributed by atoms with Crippen molar-refractivity contribution in [3.05, 3.63) is 83.7 Å². The molecular formula is C25H30N4O3S. The lowest BCUT2D eigenvalue weighted by molar-refractivity contribution is 0.0943. The van der Waals surface area contributed by atoms with Gasteiger partial charge in [-0.05, 0) is 49.7 Å². The smallest absolute Gasteiger partial charge is 0.267 e. The first-order chi connectivity index (χ1) is 15.9. The van der Waals surface area contributed by atoms with Gasteiger partial charge in [-0.25, -0.2) is 8.42 Å². The van der Waals surface area contributed by atoms with E-state index in [9.17, 15) is 13.2 Å². The summed E-state index contributed by atoms with van der Waals surface area (Å²) < 4.78 is 29.5. The Morgan fingerprint density at radius 2 is 1.82 bits per heavy atom. The van der Waals surface area contributed by atoms with Crippen molar-refractivity contribution in [3.63, 3.8) is 0 Å². The lowest BCUT2D eigenvalue weighted by atomic mass is 10.2. The number of hydrogen-bond acceptors (Lipinski definition) is 4. The number of anilines is 1. The fourth-order valence-electron chi connectivity index (χ4n) is 4.20. The van der Waals surface area contributed by atoms with E-state index in [0.29, 0.717) is 30.9 Å². The lowest BCUT2D eigenvalue weighted by Crippen LogP contribution is -2.29. The van der Waals surface area contributed by atoms with Crippen molar-refractivity contribution in [1.29, 1.82) is 0 Å². The van der Waals surface area contributed by atoms with Crippen molar-refractivity contribution in [2.24, 2.45) is 7.05 Å². The number of aromatic nitrogens is 1. The van der Waals surface area contributed by atoms with E-state index in [-0.39, 0.29) is 10.8 Å². The van der Waals surface area contributed by atoms with Crippen LogP contribution in [0.1, 0.15) is 28.0 Å². The third-order valence-corrected chi connectivity index (χ3v) is 7.72. The SMILES string of the molecule is CN(CCCNC(=O)c1cc(S(=O)(=O)N2CCc3ccccc32)cn1C)Cc1ccccc1. The minimum atomic E-state index is -3.73. The normalized spacial score (nSPS) is 13.4. The number of amides is 1. The molecule has 0 unspecified atom stereocenters. The van der Waals surface area contributed by atoms with Gasteiger partial charge in [-0.15, -0.1) is 0 Å². The average molecular weight is 467 g/mol. The van der Waals surface area contributed by atoms with E-state index in [4.69, 9.17) is 0 Å². The van der Waals surface area contributed by atoms with Gasteiger partial charge in [0.25, 0.3) is 15.9 Å². The molecule has 0 fully saturated rings. The third kappa shape index (κ3) is 5.12. The largest absolute Gasteiger partial charge is 0.351 e. The number of nitrogens with zero attached hydrogens (tertiary/aromatic N) is 3. The van der Waals surface area contributed by atoms with Crippen LogP contribution in [0.5, 0.6) is 0 Å². The molecule has 1 aliphatic heterocycles. The number of hydrogen-bond donors (Lipinski definition) is 1. The molecule has 2 aromatic carbocycles. The van der Waals surface area contributed by atoms with Crippen LogP contribution in [0.2, 0.25) is 0 Å². The quantitative estimate of drug-likeness (QED) is 0.492. The molecule has 0 aliphatic carbocycles. The molecule has 1 aromatic heterocycles. The second-order valence-corrected chi connectivity index (χ2v) is 10.3. The summed E-state index contributed by atoms with van der Waals surface area (Å²) in [6.45, 7) is 2.63. The first-order valence-corrected chi connectivity index (χ1v) is 12.6. The zero-order valence-electron chi connectivity index (χ0n) is 19.1. The number of carbonyl (C=O) groups is 1. The molecule has 7 nitrogen and oxygen atoms in total. The molecule has 0 radical (unpaired) electrons. The van der Waals surface area contributed by atoms with E-state index in [2.05, 4.69) is 29.4 Å². The maximum atomic E-state index is 13.2. The summed E-state index contributed by atoms with van der Waals surface area (Å²) in [6.07, 6.45) is 3.00. The van der Waals surface area contributed by atoms with Gasteiger partial charge in [0.1, 0.15) is 10.6 Å². The first-order valence-electron chi connectivity index (χ1n) is 11.1. The van der Waals surface area contributed by atoms with Gasteiger partial charge in [0.2, 0.25) is 0 Å². The molecule has 1 amide bonds. The third-order valence-electron chi connectivity index (χ3n) is 5.94. The van der Waals surface area contributed by atoms with E-state index >= 15 is 0 Å². The second-order valence-electron chi connectivity index (χ2n) is 8.46. The number of para-hydroxylation sites is 1. The number of benzene rings is 2. The molecule has 0 atom stereocenters. The van der Waals surface area contributed by atoms with Crippen molar-refractivity contribution in [1.82, 2.24) is 14.8 Å². The highest BCUT2D eigenvalue weighted by molar-refractivity contribution is 7.92. The summed E-state index contributed by atoms with van der Waals surface area (Å²) in [6, 6.07) is 19.3. The number of rotatable bonds is 9. The van der Waals surface area contributed by atoms with Crippen molar-refractivity contribution in [2.45, 2.75) is 24.3 Å². The highest BCUT2D eigenvalue weighted by atomic mass is 32.2. The zero-order chi connectivity index (χ0) is 23.4. The number of nitrogens with one attached hydrogen (secondary N) is 1. The van der Waals surface area contributed by atoms with E-state index in [0.717, 1.165) is 25.1 Å². The van der Waals surface area contributed by atoms with Crippen LogP contribution in [0.25, 0.3) is 0 Å². The van der Waals surface area contributed by atoms with Gasteiger partial charge >= 0.3 is 0 Å². The summed E-state index contributed by atoms with van der Waals surface area (Å²) in [5.41, 5.74) is 3.32. The predicted molar refractivity (Wildman–Crippen MR) is 130 cm³/mol. The Labute approximate surface area is 195 Å². The van der Waals surface area contributed by atoms with Gasteiger partial charge in [-0.2, -0.15) is 0 Å². The molecule has 4 rings (SSSR count). The van der Waals surface area contributed by atoms with Gasteiger partial charge in [0, 0.05) is 32.9 Å². The van der Waals surface area contributed by atoms with Crippen molar-refractivity contribution >= 4 is 21.6 Å². The molecule has 0 saturated heterocycles. The maximum Gasteiger partial charge on any atom is 0.267 e. The average Bonchev–Trinajstić information content (AvgIpc) is 3.42. The van der Waals surface area contributed by atoms with Crippen LogP contribution >= 0.6 is 0 Å². The number of fused-ring (bicyclic) bond motifs is 1. The van der Waals surface area contributed by atoms with Gasteiger partial charge < -0.3 is 14.8 Å². The lowest BCUT2D eigenvalue weighted by Gasteiger charge is -2.18. The topological polar surface area (TPSA) is 74.7 Å². The van der Waals surface area contributed by atoms with Gasteiger partial charge in [0.15, 0.2) is 0 Å². The van der Waals surface area contributed by atoms with Crippen LogP contribution < -0.4 is 9.62 Å². The van der Waals surface area contributed by atoms with E-state index in [1.165, 1.54) is 22.1 Å². The van der Waals surface area contributed by atoms with E-state index in [1.807, 2.05) is 42.5 Å². The number of carbonyl (C=O) groups excluding carboxylic acids is 1. The first kappa shape index (κ1) is 23.1. The highest BCUT2D eigenvalue weighted by Crippen LogP contribution is 2.33. The van der Waals surface area contributed by atoms with Crippen LogP contribution in [-0.2, 0) is 30.0 Å². The fraction of sp³-hybridized carbons (Fsp3) is 0.320. The minimum Gasteiger partial charge on any atom is -0.351 e. The molecule has 0 spiro atoms. The van der Waals surface area contributed by atoms with Crippen LogP contribution in [0.3, 0.4) is 0 Å². The second kappa shape index (κ2) is 9.80. The zero-order valence-corrected chi connectivity index (χ0v) is 19.9. The predicted octanol–water partition coefficient (Wildman–Crippen LogP) is 3.03. The molecule has 2 heterocycles. The highest BCUT2D eigenvalue weighted by Gasteiger charge is 2.32. The van der Waals surface area contributed by atoms with Gasteiger partial charge in [0.05, 0.1) is 5.69 Å². The van der Waals surface area contributed by atoms with Crippen molar-refractivity contribution < 1.29 is 13.2 Å². The maximum absolute atomic E-state index is 13.2. The Balaban J connectivity index is 1.34. The summed E-state index contributed by atoms with van der Waals surface area (Å²) in [4.78, 5) is 15.1. The molecule has 33 heavy (non-hydrogen) atoms. The number of sulfonamides is 1. The molecule has 3 aromatic rings. The Hall–Kier alpha value is -3.10. The standard InChI is InChI=1S/C25H30N4O3S/c1-27(18-20-9-4-3-5-10-20)15-8-14-26-25(30)24-17-22(19-28(24)2)33(31,32)29-16-13-21-11-6-7-12-23(21)29/h3-7,9-12,17,19H,8,13-16,18H2,1-2H3,(H,26,30). The molecule has 174 valence electrons. The van der Waals surface area contributed by atoms with E-state index in [1.54, 1.807) is 11.6 Å². The summed E-state index contributed by atoms with van der Waals surface area (Å²) in [5, 5.41) is 2.91. The van der Waals surface area contributed by atoms with Crippen LogP contribution in [-0.4, -0.2) is 50.5 Å². The summed E-state index contributed by atoms with van der Waals surface area (Å²) in [7, 11) is 0.0215. The van der Waals surface area contributed by atoms with Crippen LogP contribution in [0.4, 0.5) is 5.69 Å². The monoisotopic (exact) mass is 466 g/mol. The molecular weight excluding hydrogens is 436 g/mol. The van der Waals surface area contributed by atoms with Gasteiger partial charge in [-0.3, -0.25) is 9.10 Å². The Morgan fingerprint density at radius 1 is 1.09 bits per heavy atom. The minimum absolute atomic E-state index is 0.134. The molecule has 1 aliphatic rings. The van der Waals surface area contributed by atoms with Gasteiger partial charge in [-0.1, -0.05) is 48.5 Å². The van der Waals surface area contributed by atoms with E-state index < -0.39 is 10.0 Å². The fourth-order valence-corrected chi connectivity index (χ4v) is 5.78. The van der Waals surface area contributed by atoms with Crippen molar-refractivity contribution in [3.8, 4) is 0 Å². The summed E-state index contributed by atoms with van der Waals surface area (Å²) >= 11 is 0. The van der Waals surface area contributed by atoms with Crippen LogP contribution in [0.15, 0.2) is 71.8 Å². The Kier molecular flexibility index (Phi) is 6.85. The Morgan fingerprint density at radius 3 is 2.61 bits per heavy atom. The molecule has 0 saturated carbocycles. The summed E-state index contributed by atoms with van der Waals surface area (Å²) in [5.74, 6) is -0.272. The molecule has 0 bridgehead atoms. The van der Waals surface area contributed by atoms with Crippen LogP contribution in [0, 0.1) is 0 Å².